The molecule has 1 aromatic rings. The first-order valence-electron chi connectivity index (χ1n) is 4.78. The molecule has 1 unspecified atom stereocenters. The van der Waals surface area contributed by atoms with Crippen molar-refractivity contribution in [1.82, 2.24) is 15.5 Å². The van der Waals surface area contributed by atoms with Gasteiger partial charge >= 0.3 is 5.97 Å². The molecule has 1 atom stereocenters. The molecule has 84 valence electrons. The summed E-state index contributed by atoms with van der Waals surface area (Å²) in [7, 11) is 1.39. The normalized spacial score (nSPS) is 12.4. The fourth-order valence-corrected chi connectivity index (χ4v) is 1.11. The van der Waals surface area contributed by atoms with E-state index < -0.39 is 0 Å². The summed E-state index contributed by atoms with van der Waals surface area (Å²) in [5, 5.41) is 6.78. The monoisotopic (exact) mass is 213 g/mol. The number of ether oxygens (including phenoxy) is 1. The fourth-order valence-electron chi connectivity index (χ4n) is 1.11. The smallest absolute Gasteiger partial charge is 0.309 e. The first-order chi connectivity index (χ1) is 7.24. The molecule has 0 saturated heterocycles. The Morgan fingerprint density at radius 1 is 1.73 bits per heavy atom. The molecule has 1 N–H and O–H groups in total. The summed E-state index contributed by atoms with van der Waals surface area (Å²) in [6.45, 7) is 3.11. The average molecular weight is 213 g/mol. The lowest BCUT2D eigenvalue weighted by molar-refractivity contribution is -0.144. The number of carbonyl (C=O) groups is 1. The van der Waals surface area contributed by atoms with Crippen LogP contribution >= 0.6 is 0 Å². The van der Waals surface area contributed by atoms with Crippen LogP contribution in [-0.4, -0.2) is 36.3 Å². The van der Waals surface area contributed by atoms with Crippen LogP contribution < -0.4 is 5.32 Å². The number of esters is 1. The Morgan fingerprint density at radius 3 is 3.13 bits per heavy atom. The molecule has 1 aromatic heterocycles. The molecule has 0 aliphatic heterocycles. The van der Waals surface area contributed by atoms with Gasteiger partial charge in [-0.2, -0.15) is 4.98 Å². The highest BCUT2D eigenvalue weighted by atomic mass is 16.5. The van der Waals surface area contributed by atoms with Gasteiger partial charge in [0, 0.05) is 19.5 Å². The maximum atomic E-state index is 11.0. The third-order valence-electron chi connectivity index (χ3n) is 1.99. The Hall–Kier alpha value is -1.43. The Balaban J connectivity index is 2.09. The topological polar surface area (TPSA) is 77.2 Å². The van der Waals surface area contributed by atoms with Crippen LogP contribution in [0.2, 0.25) is 0 Å². The van der Waals surface area contributed by atoms with Crippen molar-refractivity contribution in [3.05, 3.63) is 12.2 Å². The first-order valence-corrected chi connectivity index (χ1v) is 4.78. The van der Waals surface area contributed by atoms with Crippen LogP contribution in [0.5, 0.6) is 0 Å². The molecule has 0 aliphatic rings. The Kier molecular flexibility index (Phi) is 4.76. The lowest BCUT2D eigenvalue weighted by Crippen LogP contribution is -2.28. The summed E-state index contributed by atoms with van der Waals surface area (Å²) in [6.07, 6.45) is 1.98. The van der Waals surface area contributed by atoms with E-state index in [2.05, 4.69) is 24.7 Å². The molecule has 0 radical (unpaired) electrons. The van der Waals surface area contributed by atoms with Crippen molar-refractivity contribution in [2.75, 3.05) is 20.2 Å². The average Bonchev–Trinajstić information content (AvgIpc) is 2.75. The first kappa shape index (κ1) is 11.6. The molecule has 1 rings (SSSR count). The zero-order valence-corrected chi connectivity index (χ0v) is 8.90. The van der Waals surface area contributed by atoms with E-state index in [9.17, 15) is 4.79 Å². The maximum absolute atomic E-state index is 11.0. The van der Waals surface area contributed by atoms with Crippen molar-refractivity contribution < 1.29 is 14.1 Å². The highest BCUT2D eigenvalue weighted by molar-refractivity contribution is 5.71. The van der Waals surface area contributed by atoms with E-state index >= 15 is 0 Å². The molecule has 1 heterocycles. The van der Waals surface area contributed by atoms with Gasteiger partial charge in [0.05, 0.1) is 13.0 Å². The van der Waals surface area contributed by atoms with Crippen molar-refractivity contribution in [3.8, 4) is 0 Å². The minimum atomic E-state index is -0.206. The number of hydrogen-bond donors (Lipinski definition) is 1. The molecule has 0 amide bonds. The number of nitrogens with one attached hydrogen (secondary N) is 1. The molecule has 15 heavy (non-hydrogen) atoms. The van der Waals surface area contributed by atoms with E-state index in [1.165, 1.54) is 13.5 Å². The standard InChI is InChI=1S/C9H15N3O3/c1-7(9(13)14-2)5-10-4-3-8-11-6-15-12-8/h6-7,10H,3-5H2,1-2H3. The highest BCUT2D eigenvalue weighted by Gasteiger charge is 2.11. The van der Waals surface area contributed by atoms with E-state index in [0.29, 0.717) is 25.3 Å². The van der Waals surface area contributed by atoms with Crippen LogP contribution in [0.15, 0.2) is 10.9 Å². The summed E-state index contributed by atoms with van der Waals surface area (Å²) < 4.78 is 9.18. The summed E-state index contributed by atoms with van der Waals surface area (Å²) in [5.41, 5.74) is 0. The summed E-state index contributed by atoms with van der Waals surface area (Å²) in [6, 6.07) is 0. The van der Waals surface area contributed by atoms with Gasteiger partial charge in [0.1, 0.15) is 0 Å². The molecular formula is C9H15N3O3. The van der Waals surface area contributed by atoms with E-state index in [-0.39, 0.29) is 11.9 Å². The highest BCUT2D eigenvalue weighted by Crippen LogP contribution is 1.95. The van der Waals surface area contributed by atoms with Gasteiger partial charge in [-0.25, -0.2) is 0 Å². The summed E-state index contributed by atoms with van der Waals surface area (Å²) >= 11 is 0. The second kappa shape index (κ2) is 6.13. The van der Waals surface area contributed by atoms with Gasteiger partial charge in [-0.1, -0.05) is 12.1 Å². The fraction of sp³-hybridized carbons (Fsp3) is 0.667. The van der Waals surface area contributed by atoms with E-state index in [1.807, 2.05) is 6.92 Å². The van der Waals surface area contributed by atoms with Crippen molar-refractivity contribution in [3.63, 3.8) is 0 Å². The van der Waals surface area contributed by atoms with E-state index in [0.717, 1.165) is 0 Å². The van der Waals surface area contributed by atoms with Crippen LogP contribution in [0.1, 0.15) is 12.7 Å². The van der Waals surface area contributed by atoms with Crippen LogP contribution in [-0.2, 0) is 16.0 Å². The van der Waals surface area contributed by atoms with Crippen molar-refractivity contribution in [2.24, 2.45) is 5.92 Å². The van der Waals surface area contributed by atoms with Gasteiger partial charge in [-0.15, -0.1) is 0 Å². The van der Waals surface area contributed by atoms with Gasteiger partial charge in [0.2, 0.25) is 6.39 Å². The second-order valence-electron chi connectivity index (χ2n) is 3.23. The van der Waals surface area contributed by atoms with Crippen molar-refractivity contribution in [2.45, 2.75) is 13.3 Å². The molecule has 0 saturated carbocycles. The molecule has 6 heteroatoms. The molecule has 6 nitrogen and oxygen atoms in total. The number of rotatable bonds is 6. The van der Waals surface area contributed by atoms with Gasteiger partial charge in [-0.3, -0.25) is 4.79 Å². The Labute approximate surface area is 88.0 Å². The van der Waals surface area contributed by atoms with Crippen LogP contribution in [0.3, 0.4) is 0 Å². The predicted octanol–water partition coefficient (Wildman–Crippen LogP) is 0.0108. The van der Waals surface area contributed by atoms with Crippen LogP contribution in [0.25, 0.3) is 0 Å². The zero-order valence-electron chi connectivity index (χ0n) is 8.90. The molecule has 0 fully saturated rings. The predicted molar refractivity (Wildman–Crippen MR) is 52.1 cm³/mol. The van der Waals surface area contributed by atoms with Crippen molar-refractivity contribution in [1.29, 1.82) is 0 Å². The number of methoxy groups -OCH3 is 1. The molecule has 0 spiro atoms. The second-order valence-corrected chi connectivity index (χ2v) is 3.23. The quantitative estimate of drug-likeness (QED) is 0.530. The zero-order chi connectivity index (χ0) is 11.1. The lowest BCUT2D eigenvalue weighted by Gasteiger charge is -2.09. The minimum Gasteiger partial charge on any atom is -0.469 e. The van der Waals surface area contributed by atoms with Gasteiger partial charge < -0.3 is 14.6 Å². The lowest BCUT2D eigenvalue weighted by atomic mass is 10.2. The molecule has 0 aliphatic carbocycles. The van der Waals surface area contributed by atoms with Gasteiger partial charge in [-0.05, 0) is 0 Å². The minimum absolute atomic E-state index is 0.139. The van der Waals surface area contributed by atoms with Crippen LogP contribution in [0.4, 0.5) is 0 Å². The Bertz CT molecular complexity index is 287. The van der Waals surface area contributed by atoms with E-state index in [4.69, 9.17) is 0 Å². The SMILES string of the molecule is COC(=O)C(C)CNCCc1ncon1. The van der Waals surface area contributed by atoms with E-state index in [1.54, 1.807) is 0 Å². The van der Waals surface area contributed by atoms with Crippen LogP contribution in [0, 0.1) is 5.92 Å². The number of hydrogen-bond acceptors (Lipinski definition) is 6. The third kappa shape index (κ3) is 4.07. The number of carbonyl (C=O) groups excluding carboxylic acids is 1. The summed E-state index contributed by atoms with van der Waals surface area (Å²) in [4.78, 5) is 14.9. The molecular weight excluding hydrogens is 198 g/mol. The van der Waals surface area contributed by atoms with Gasteiger partial charge in [0.15, 0.2) is 5.82 Å². The molecule has 0 bridgehead atoms. The third-order valence-corrected chi connectivity index (χ3v) is 1.99. The van der Waals surface area contributed by atoms with Crippen molar-refractivity contribution >= 4 is 5.97 Å². The Morgan fingerprint density at radius 2 is 2.53 bits per heavy atom. The summed E-state index contributed by atoms with van der Waals surface area (Å²) in [5.74, 6) is 0.315. The molecule has 0 aromatic carbocycles. The number of aromatic nitrogens is 2. The largest absolute Gasteiger partial charge is 0.469 e. The maximum Gasteiger partial charge on any atom is 0.309 e. The number of nitrogens with zero attached hydrogens (tertiary/aromatic N) is 2. The van der Waals surface area contributed by atoms with Gasteiger partial charge in [0.25, 0.3) is 0 Å².